The van der Waals surface area contributed by atoms with Crippen molar-refractivity contribution in [3.8, 4) is 0 Å². The lowest BCUT2D eigenvalue weighted by Crippen LogP contribution is -2.51. The minimum absolute atomic E-state index is 0.0897. The van der Waals surface area contributed by atoms with E-state index in [0.29, 0.717) is 23.8 Å². The summed E-state index contributed by atoms with van der Waals surface area (Å²) >= 11 is 0. The number of ether oxygens (including phenoxy) is 2. The van der Waals surface area contributed by atoms with Gasteiger partial charge in [-0.05, 0) is 44.0 Å². The second-order valence-electron chi connectivity index (χ2n) is 9.34. The highest BCUT2D eigenvalue weighted by Gasteiger charge is 2.28. The lowest BCUT2D eigenvalue weighted by Gasteiger charge is -2.24. The first kappa shape index (κ1) is 27.6. The molecule has 37 heavy (non-hydrogen) atoms. The summed E-state index contributed by atoms with van der Waals surface area (Å²) in [7, 11) is 1.41. The molecule has 2 heterocycles. The van der Waals surface area contributed by atoms with Gasteiger partial charge in [-0.3, -0.25) is 14.0 Å². The van der Waals surface area contributed by atoms with Gasteiger partial charge in [0, 0.05) is 7.05 Å². The maximum absolute atomic E-state index is 12.8. The molecular weight excluding hydrogens is 478 g/mol. The molecule has 0 radical (unpaired) electrons. The summed E-state index contributed by atoms with van der Waals surface area (Å²) < 4.78 is 13.0. The van der Waals surface area contributed by atoms with Crippen molar-refractivity contribution in [2.24, 2.45) is 11.5 Å². The predicted molar refractivity (Wildman–Crippen MR) is 135 cm³/mol. The van der Waals surface area contributed by atoms with E-state index >= 15 is 0 Å². The first-order chi connectivity index (χ1) is 17.5. The second kappa shape index (κ2) is 11.8. The molecule has 12 nitrogen and oxygen atoms in total. The van der Waals surface area contributed by atoms with E-state index in [1.54, 1.807) is 36.4 Å². The predicted octanol–water partition coefficient (Wildman–Crippen LogP) is 1.20. The summed E-state index contributed by atoms with van der Waals surface area (Å²) in [5.74, 6) is -0.671. The van der Waals surface area contributed by atoms with E-state index in [4.69, 9.17) is 20.9 Å². The van der Waals surface area contributed by atoms with Crippen molar-refractivity contribution in [1.29, 1.82) is 0 Å². The van der Waals surface area contributed by atoms with Gasteiger partial charge in [0.2, 0.25) is 11.8 Å². The molecule has 0 unspecified atom stereocenters. The normalized spacial score (nSPS) is 12.2. The number of pyridine rings is 1. The molecule has 0 fully saturated rings. The average molecular weight is 512 g/mol. The van der Waals surface area contributed by atoms with Gasteiger partial charge in [-0.15, -0.1) is 10.2 Å². The van der Waals surface area contributed by atoms with Crippen LogP contribution in [0, 0.1) is 6.92 Å². The van der Waals surface area contributed by atoms with Gasteiger partial charge in [-0.2, -0.15) is 0 Å². The van der Waals surface area contributed by atoms with Crippen molar-refractivity contribution in [1.82, 2.24) is 24.8 Å². The number of nitrogens with zero attached hydrogens (tertiary/aromatic N) is 4. The molecule has 0 aliphatic carbocycles. The Morgan fingerprint density at radius 2 is 1.84 bits per heavy atom. The number of likely N-dealkylation sites (N-methyl/N-ethyl adjacent to an activating group) is 1. The molecule has 0 saturated heterocycles. The van der Waals surface area contributed by atoms with Crippen molar-refractivity contribution < 1.29 is 23.9 Å². The lowest BCUT2D eigenvalue weighted by atomic mass is 10.1. The monoisotopic (exact) mass is 511 g/mol. The van der Waals surface area contributed by atoms with Crippen molar-refractivity contribution in [3.63, 3.8) is 0 Å². The van der Waals surface area contributed by atoms with Crippen LogP contribution in [0.3, 0.4) is 0 Å². The summed E-state index contributed by atoms with van der Waals surface area (Å²) in [5.41, 5.74) is 13.2. The average Bonchev–Trinajstić information content (AvgIpc) is 3.26. The molecule has 198 valence electrons. The highest BCUT2D eigenvalue weighted by atomic mass is 16.6. The summed E-state index contributed by atoms with van der Waals surface area (Å²) in [4.78, 5) is 37.2. The number of carbonyl (C=O) groups excluding carboxylic acids is 3. The number of nitrogens with one attached hydrogen (secondary N) is 1. The fourth-order valence-corrected chi connectivity index (χ4v) is 3.50. The van der Waals surface area contributed by atoms with Crippen molar-refractivity contribution >= 4 is 23.6 Å². The maximum Gasteiger partial charge on any atom is 0.410 e. The quantitative estimate of drug-likeness (QED) is 0.345. The van der Waals surface area contributed by atoms with Crippen LogP contribution in [0.5, 0.6) is 0 Å². The van der Waals surface area contributed by atoms with Gasteiger partial charge in [-0.1, -0.05) is 30.3 Å². The van der Waals surface area contributed by atoms with Gasteiger partial charge >= 0.3 is 6.09 Å². The van der Waals surface area contributed by atoms with Crippen LogP contribution < -0.4 is 16.8 Å². The molecule has 0 aliphatic rings. The molecule has 0 aliphatic heterocycles. The van der Waals surface area contributed by atoms with Gasteiger partial charge in [0.25, 0.3) is 0 Å². The number of hydrogen-bond acceptors (Lipinski definition) is 8. The molecule has 3 aromatic rings. The molecule has 2 aromatic heterocycles. The van der Waals surface area contributed by atoms with Crippen LogP contribution in [-0.4, -0.2) is 63.1 Å². The number of aromatic nitrogens is 3. The number of hydrogen-bond donors (Lipinski definition) is 3. The number of benzene rings is 1. The topological polar surface area (TPSA) is 167 Å². The lowest BCUT2D eigenvalue weighted by molar-refractivity contribution is -0.126. The second-order valence-corrected chi connectivity index (χ2v) is 9.34. The highest BCUT2D eigenvalue weighted by Crippen LogP contribution is 2.19. The number of rotatable bonds is 11. The number of fused-ring (bicyclic) bond motifs is 1. The van der Waals surface area contributed by atoms with Crippen LogP contribution in [0.4, 0.5) is 4.79 Å². The molecule has 1 atom stereocenters. The summed E-state index contributed by atoms with van der Waals surface area (Å²) in [5, 5.41) is 11.4. The smallest absolute Gasteiger partial charge is 0.410 e. The molecule has 5 N–H and O–H groups in total. The Labute approximate surface area is 214 Å². The first-order valence-electron chi connectivity index (χ1n) is 11.7. The molecule has 1 aromatic carbocycles. The standard InChI is InChI=1S/C25H33N7O5/c1-16-8-5-6-9-17(16)13-36-15-19(28-23(34)25(2,3)27)22-30-29-21-11-7-10-18(32(21)22)14-37-24(35)31(4)12-20(26)33/h5-11,19H,12-15,27H2,1-4H3,(H2,26,33)(H,28,34)/t19-/m1/s1. The molecular formula is C25H33N7O5. The Bertz CT molecular complexity index is 1270. The number of aryl methyl sites for hydroxylation is 1. The highest BCUT2D eigenvalue weighted by molar-refractivity contribution is 5.85. The van der Waals surface area contributed by atoms with E-state index < -0.39 is 29.5 Å². The molecule has 3 rings (SSSR count). The van der Waals surface area contributed by atoms with Crippen LogP contribution in [0.2, 0.25) is 0 Å². The third kappa shape index (κ3) is 7.24. The fourth-order valence-electron chi connectivity index (χ4n) is 3.50. The Morgan fingerprint density at radius 3 is 2.51 bits per heavy atom. The summed E-state index contributed by atoms with van der Waals surface area (Å²) in [6.45, 7) is 5.20. The molecule has 0 spiro atoms. The first-order valence-corrected chi connectivity index (χ1v) is 11.7. The van der Waals surface area contributed by atoms with E-state index in [9.17, 15) is 14.4 Å². The fraction of sp³-hybridized carbons (Fsp3) is 0.400. The third-order valence-corrected chi connectivity index (χ3v) is 5.59. The van der Waals surface area contributed by atoms with Crippen molar-refractivity contribution in [2.45, 2.75) is 45.6 Å². The Morgan fingerprint density at radius 1 is 1.11 bits per heavy atom. The summed E-state index contributed by atoms with van der Waals surface area (Å²) in [6.07, 6.45) is -0.721. The largest absolute Gasteiger partial charge is 0.443 e. The Hall–Kier alpha value is -4.03. The Kier molecular flexibility index (Phi) is 8.79. The third-order valence-electron chi connectivity index (χ3n) is 5.59. The maximum atomic E-state index is 12.8. The van der Waals surface area contributed by atoms with E-state index in [1.165, 1.54) is 7.05 Å². The Balaban J connectivity index is 1.86. The summed E-state index contributed by atoms with van der Waals surface area (Å²) in [6, 6.07) is 12.4. The minimum atomic E-state index is -1.14. The number of nitrogens with two attached hydrogens (primary N) is 2. The number of carbonyl (C=O) groups is 3. The van der Waals surface area contributed by atoms with Crippen LogP contribution >= 0.6 is 0 Å². The van der Waals surface area contributed by atoms with Crippen LogP contribution in [0.25, 0.3) is 5.65 Å². The number of amides is 3. The molecule has 12 heteroatoms. The van der Waals surface area contributed by atoms with Gasteiger partial charge in [0.1, 0.15) is 19.2 Å². The zero-order valence-corrected chi connectivity index (χ0v) is 21.4. The van der Waals surface area contributed by atoms with E-state index in [1.807, 2.05) is 31.2 Å². The van der Waals surface area contributed by atoms with E-state index in [-0.39, 0.29) is 19.8 Å². The number of primary amides is 1. The van der Waals surface area contributed by atoms with Crippen LogP contribution in [0.1, 0.15) is 42.5 Å². The molecule has 0 saturated carbocycles. The van der Waals surface area contributed by atoms with Crippen LogP contribution in [-0.2, 0) is 32.3 Å². The van der Waals surface area contributed by atoms with E-state index in [2.05, 4.69) is 15.5 Å². The molecule has 3 amide bonds. The van der Waals surface area contributed by atoms with Crippen molar-refractivity contribution in [2.75, 3.05) is 20.2 Å². The SMILES string of the molecule is Cc1ccccc1COC[C@@H](NC(=O)C(C)(C)N)c1nnc2cccc(COC(=O)N(C)CC(N)=O)n12. The van der Waals surface area contributed by atoms with Gasteiger partial charge in [-0.25, -0.2) is 4.79 Å². The zero-order chi connectivity index (χ0) is 27.2. The van der Waals surface area contributed by atoms with Crippen molar-refractivity contribution in [3.05, 3.63) is 65.1 Å². The van der Waals surface area contributed by atoms with Gasteiger partial charge in [0.05, 0.1) is 24.4 Å². The van der Waals surface area contributed by atoms with Crippen LogP contribution in [0.15, 0.2) is 42.5 Å². The van der Waals surface area contributed by atoms with Gasteiger partial charge < -0.3 is 31.2 Å². The molecule has 0 bridgehead atoms. The minimum Gasteiger partial charge on any atom is -0.443 e. The van der Waals surface area contributed by atoms with Gasteiger partial charge in [0.15, 0.2) is 11.5 Å². The van der Waals surface area contributed by atoms with E-state index in [0.717, 1.165) is 16.0 Å². The zero-order valence-electron chi connectivity index (χ0n) is 21.4.